The van der Waals surface area contributed by atoms with Crippen LogP contribution in [0.2, 0.25) is 0 Å². The molecular formula is C9H12N2O4S. The Labute approximate surface area is 96.4 Å². The van der Waals surface area contributed by atoms with Crippen molar-refractivity contribution >= 4 is 28.9 Å². The van der Waals surface area contributed by atoms with Gasteiger partial charge in [0.05, 0.1) is 0 Å². The first-order valence-corrected chi connectivity index (χ1v) is 6.04. The molecule has 2 rings (SSSR count). The maximum absolute atomic E-state index is 11.9. The van der Waals surface area contributed by atoms with Gasteiger partial charge in [0.1, 0.15) is 12.1 Å². The lowest BCUT2D eigenvalue weighted by atomic mass is 10.2. The Morgan fingerprint density at radius 3 is 2.81 bits per heavy atom. The van der Waals surface area contributed by atoms with Crippen molar-refractivity contribution < 1.29 is 19.5 Å². The summed E-state index contributed by atoms with van der Waals surface area (Å²) in [5, 5.41) is 11.3. The number of carbonyl (C=O) groups excluding carboxylic acids is 2. The summed E-state index contributed by atoms with van der Waals surface area (Å²) in [4.78, 5) is 35.2. The number of hydrogen-bond donors (Lipinski definition) is 2. The third kappa shape index (κ3) is 1.99. The SMILES string of the molecule is O=C1N[C@H](C(=O)N2CCC[C@@H]2C(=O)O)CS1. The molecule has 7 heteroatoms. The zero-order chi connectivity index (χ0) is 11.7. The Kier molecular flexibility index (Phi) is 3.04. The lowest BCUT2D eigenvalue weighted by Crippen LogP contribution is -2.49. The average Bonchev–Trinajstić information content (AvgIpc) is 2.84. The number of amides is 2. The van der Waals surface area contributed by atoms with Crippen molar-refractivity contribution in [2.45, 2.75) is 24.9 Å². The highest BCUT2D eigenvalue weighted by atomic mass is 32.2. The van der Waals surface area contributed by atoms with Crippen LogP contribution in [0.25, 0.3) is 0 Å². The first kappa shape index (κ1) is 11.3. The number of likely N-dealkylation sites (tertiary alicyclic amines) is 1. The Bertz CT molecular complexity index is 346. The minimum Gasteiger partial charge on any atom is -0.480 e. The van der Waals surface area contributed by atoms with Gasteiger partial charge in [0.15, 0.2) is 0 Å². The van der Waals surface area contributed by atoms with E-state index in [1.165, 1.54) is 4.90 Å². The minimum atomic E-state index is -0.970. The number of aliphatic carboxylic acids is 1. The van der Waals surface area contributed by atoms with Crippen molar-refractivity contribution in [2.75, 3.05) is 12.3 Å². The fourth-order valence-electron chi connectivity index (χ4n) is 2.01. The van der Waals surface area contributed by atoms with E-state index < -0.39 is 18.1 Å². The lowest BCUT2D eigenvalue weighted by molar-refractivity contribution is -0.148. The van der Waals surface area contributed by atoms with Crippen molar-refractivity contribution in [3.05, 3.63) is 0 Å². The van der Waals surface area contributed by atoms with Crippen LogP contribution in [0, 0.1) is 0 Å². The molecule has 2 fully saturated rings. The van der Waals surface area contributed by atoms with Gasteiger partial charge in [-0.2, -0.15) is 0 Å². The van der Waals surface area contributed by atoms with Gasteiger partial charge in [0.25, 0.3) is 5.24 Å². The highest BCUT2D eigenvalue weighted by Gasteiger charge is 2.39. The molecule has 0 saturated carbocycles. The summed E-state index contributed by atoms with van der Waals surface area (Å²) < 4.78 is 0. The van der Waals surface area contributed by atoms with Crippen molar-refractivity contribution in [3.63, 3.8) is 0 Å². The molecule has 0 aromatic heterocycles. The summed E-state index contributed by atoms with van der Waals surface area (Å²) >= 11 is 1.06. The minimum absolute atomic E-state index is 0.218. The zero-order valence-electron chi connectivity index (χ0n) is 8.51. The first-order valence-electron chi connectivity index (χ1n) is 5.06. The number of thioether (sulfide) groups is 1. The predicted molar refractivity (Wildman–Crippen MR) is 57.1 cm³/mol. The van der Waals surface area contributed by atoms with E-state index in [0.29, 0.717) is 25.1 Å². The van der Waals surface area contributed by atoms with Gasteiger partial charge in [-0.25, -0.2) is 4.79 Å². The molecule has 0 aliphatic carbocycles. The zero-order valence-corrected chi connectivity index (χ0v) is 9.33. The van der Waals surface area contributed by atoms with Crippen LogP contribution in [-0.4, -0.2) is 51.5 Å². The molecule has 0 radical (unpaired) electrons. The smallest absolute Gasteiger partial charge is 0.326 e. The second-order valence-corrected chi connectivity index (χ2v) is 4.82. The van der Waals surface area contributed by atoms with Gasteiger partial charge in [-0.05, 0) is 12.8 Å². The fraction of sp³-hybridized carbons (Fsp3) is 0.667. The van der Waals surface area contributed by atoms with Crippen molar-refractivity contribution in [1.82, 2.24) is 10.2 Å². The van der Waals surface area contributed by atoms with E-state index in [-0.39, 0.29) is 11.1 Å². The van der Waals surface area contributed by atoms with Crippen molar-refractivity contribution in [2.24, 2.45) is 0 Å². The van der Waals surface area contributed by atoms with E-state index in [0.717, 1.165) is 11.8 Å². The van der Waals surface area contributed by atoms with Gasteiger partial charge < -0.3 is 15.3 Å². The Morgan fingerprint density at radius 1 is 1.50 bits per heavy atom. The molecule has 2 heterocycles. The summed E-state index contributed by atoms with van der Waals surface area (Å²) in [6.07, 6.45) is 1.20. The number of nitrogens with one attached hydrogen (secondary N) is 1. The molecule has 2 aliphatic heterocycles. The van der Waals surface area contributed by atoms with E-state index in [2.05, 4.69) is 5.32 Å². The van der Waals surface area contributed by atoms with E-state index in [9.17, 15) is 14.4 Å². The molecule has 88 valence electrons. The number of nitrogens with zero attached hydrogens (tertiary/aromatic N) is 1. The van der Waals surface area contributed by atoms with E-state index >= 15 is 0 Å². The van der Waals surface area contributed by atoms with Gasteiger partial charge in [0.2, 0.25) is 5.91 Å². The maximum atomic E-state index is 11.9. The maximum Gasteiger partial charge on any atom is 0.326 e. The van der Waals surface area contributed by atoms with Crippen LogP contribution in [0.4, 0.5) is 4.79 Å². The fourth-order valence-corrected chi connectivity index (χ4v) is 2.77. The first-order chi connectivity index (χ1) is 7.59. The molecule has 0 unspecified atom stereocenters. The second-order valence-electron chi connectivity index (χ2n) is 3.82. The molecule has 0 spiro atoms. The quantitative estimate of drug-likeness (QED) is 0.707. The molecule has 0 bridgehead atoms. The van der Waals surface area contributed by atoms with E-state index in [1.54, 1.807) is 0 Å². The van der Waals surface area contributed by atoms with Crippen molar-refractivity contribution in [1.29, 1.82) is 0 Å². The molecule has 16 heavy (non-hydrogen) atoms. The number of carbonyl (C=O) groups is 3. The number of rotatable bonds is 2. The molecular weight excluding hydrogens is 232 g/mol. The van der Waals surface area contributed by atoms with Crippen LogP contribution in [0.3, 0.4) is 0 Å². The third-order valence-corrected chi connectivity index (χ3v) is 3.67. The largest absolute Gasteiger partial charge is 0.480 e. The molecule has 2 saturated heterocycles. The molecule has 2 aliphatic rings. The Hall–Kier alpha value is -1.24. The summed E-state index contributed by atoms with van der Waals surface area (Å²) in [5.41, 5.74) is 0. The van der Waals surface area contributed by atoms with Gasteiger partial charge >= 0.3 is 5.97 Å². The van der Waals surface area contributed by atoms with Crippen LogP contribution in [-0.2, 0) is 9.59 Å². The number of carboxylic acids is 1. The lowest BCUT2D eigenvalue weighted by Gasteiger charge is -2.24. The van der Waals surface area contributed by atoms with Crippen LogP contribution in [0.5, 0.6) is 0 Å². The van der Waals surface area contributed by atoms with Crippen LogP contribution >= 0.6 is 11.8 Å². The topological polar surface area (TPSA) is 86.7 Å². The molecule has 2 N–H and O–H groups in total. The molecule has 6 nitrogen and oxygen atoms in total. The number of carboxylic acid groups (broad SMARTS) is 1. The highest BCUT2D eigenvalue weighted by molar-refractivity contribution is 8.14. The normalized spacial score (nSPS) is 29.2. The standard InChI is InChI=1S/C9H12N2O4S/c12-7(5-4-16-9(15)10-5)11-3-1-2-6(11)8(13)14/h5-6H,1-4H2,(H,10,15)(H,13,14)/t5-,6+/m0/s1. The van der Waals surface area contributed by atoms with E-state index in [4.69, 9.17) is 5.11 Å². The highest BCUT2D eigenvalue weighted by Crippen LogP contribution is 2.21. The van der Waals surface area contributed by atoms with Gasteiger partial charge in [0, 0.05) is 12.3 Å². The van der Waals surface area contributed by atoms with Crippen molar-refractivity contribution in [3.8, 4) is 0 Å². The molecule has 2 amide bonds. The Balaban J connectivity index is 2.03. The summed E-state index contributed by atoms with van der Waals surface area (Å²) in [7, 11) is 0. The molecule has 2 atom stereocenters. The summed E-state index contributed by atoms with van der Waals surface area (Å²) in [6.45, 7) is 0.465. The van der Waals surface area contributed by atoms with Gasteiger partial charge in [-0.3, -0.25) is 9.59 Å². The second kappa shape index (κ2) is 4.32. The van der Waals surface area contributed by atoms with Gasteiger partial charge in [-0.1, -0.05) is 11.8 Å². The third-order valence-electron chi connectivity index (χ3n) is 2.79. The molecule has 0 aromatic rings. The monoisotopic (exact) mass is 244 g/mol. The Morgan fingerprint density at radius 2 is 2.25 bits per heavy atom. The van der Waals surface area contributed by atoms with Crippen LogP contribution in [0.15, 0.2) is 0 Å². The average molecular weight is 244 g/mol. The van der Waals surface area contributed by atoms with Crippen LogP contribution < -0.4 is 5.32 Å². The van der Waals surface area contributed by atoms with Crippen LogP contribution in [0.1, 0.15) is 12.8 Å². The predicted octanol–water partition coefficient (Wildman–Crippen LogP) is -0.113. The summed E-state index contributed by atoms with van der Waals surface area (Å²) in [6, 6.07) is -1.28. The number of hydrogen-bond acceptors (Lipinski definition) is 4. The van der Waals surface area contributed by atoms with Gasteiger partial charge in [-0.15, -0.1) is 0 Å². The van der Waals surface area contributed by atoms with E-state index in [1.807, 2.05) is 0 Å². The molecule has 0 aromatic carbocycles. The summed E-state index contributed by atoms with van der Waals surface area (Å²) in [5.74, 6) is -0.855.